The summed E-state index contributed by atoms with van der Waals surface area (Å²) in [7, 11) is 0. The predicted octanol–water partition coefficient (Wildman–Crippen LogP) is 2.92. The Morgan fingerprint density at radius 2 is 2.21 bits per heavy atom. The summed E-state index contributed by atoms with van der Waals surface area (Å²) in [4.78, 5) is 18.8. The summed E-state index contributed by atoms with van der Waals surface area (Å²) in [5.41, 5.74) is 0.744. The normalized spacial score (nSPS) is 14.2. The Balaban J connectivity index is 2.08. The summed E-state index contributed by atoms with van der Waals surface area (Å²) in [5.74, 6) is 0.936. The van der Waals surface area contributed by atoms with Gasteiger partial charge in [0.1, 0.15) is 5.82 Å². The maximum atomic E-state index is 12.5. The minimum absolute atomic E-state index is 0.145. The first kappa shape index (κ1) is 13.8. The second-order valence-corrected chi connectivity index (χ2v) is 5.09. The van der Waals surface area contributed by atoms with E-state index < -0.39 is 0 Å². The SMILES string of the molecule is CCCNc1cc(C(=O)N(CCC)C2CC2)ccn1. The van der Waals surface area contributed by atoms with E-state index in [0.717, 1.165) is 50.2 Å². The molecule has 0 spiro atoms. The van der Waals surface area contributed by atoms with E-state index in [1.807, 2.05) is 17.0 Å². The number of hydrogen-bond acceptors (Lipinski definition) is 3. The van der Waals surface area contributed by atoms with Crippen molar-refractivity contribution in [2.24, 2.45) is 0 Å². The van der Waals surface area contributed by atoms with Gasteiger partial charge in [-0.2, -0.15) is 0 Å². The molecule has 1 amide bonds. The van der Waals surface area contributed by atoms with E-state index >= 15 is 0 Å². The van der Waals surface area contributed by atoms with Gasteiger partial charge >= 0.3 is 0 Å². The van der Waals surface area contributed by atoms with Crippen LogP contribution in [0, 0.1) is 0 Å². The molecule has 1 heterocycles. The predicted molar refractivity (Wildman–Crippen MR) is 77.4 cm³/mol. The summed E-state index contributed by atoms with van der Waals surface area (Å²) in [6, 6.07) is 4.14. The second-order valence-electron chi connectivity index (χ2n) is 5.09. The molecule has 0 unspecified atom stereocenters. The highest BCUT2D eigenvalue weighted by molar-refractivity contribution is 5.95. The van der Waals surface area contributed by atoms with Crippen LogP contribution < -0.4 is 5.32 Å². The van der Waals surface area contributed by atoms with Crippen LogP contribution in [0.15, 0.2) is 18.3 Å². The highest BCUT2D eigenvalue weighted by atomic mass is 16.2. The lowest BCUT2D eigenvalue weighted by molar-refractivity contribution is 0.0743. The van der Waals surface area contributed by atoms with Crippen LogP contribution in [0.25, 0.3) is 0 Å². The van der Waals surface area contributed by atoms with Crippen LogP contribution in [-0.4, -0.2) is 34.9 Å². The van der Waals surface area contributed by atoms with Crippen LogP contribution in [0.1, 0.15) is 49.9 Å². The molecule has 2 rings (SSSR count). The van der Waals surface area contributed by atoms with E-state index in [0.29, 0.717) is 6.04 Å². The molecule has 0 saturated heterocycles. The van der Waals surface area contributed by atoms with Crippen molar-refractivity contribution in [2.45, 2.75) is 45.6 Å². The van der Waals surface area contributed by atoms with Crippen LogP contribution >= 0.6 is 0 Å². The Labute approximate surface area is 115 Å². The van der Waals surface area contributed by atoms with E-state index in [9.17, 15) is 4.79 Å². The lowest BCUT2D eigenvalue weighted by Gasteiger charge is -2.22. The quantitative estimate of drug-likeness (QED) is 0.821. The monoisotopic (exact) mass is 261 g/mol. The molecule has 0 aliphatic heterocycles. The number of pyridine rings is 1. The maximum Gasteiger partial charge on any atom is 0.254 e. The molecule has 19 heavy (non-hydrogen) atoms. The Kier molecular flexibility index (Phi) is 4.77. The number of rotatable bonds is 7. The first-order chi connectivity index (χ1) is 9.26. The van der Waals surface area contributed by atoms with Crippen molar-refractivity contribution >= 4 is 11.7 Å². The average molecular weight is 261 g/mol. The third-order valence-electron chi connectivity index (χ3n) is 3.28. The van der Waals surface area contributed by atoms with Crippen molar-refractivity contribution in [3.8, 4) is 0 Å². The molecule has 1 aliphatic carbocycles. The lowest BCUT2D eigenvalue weighted by Crippen LogP contribution is -2.33. The van der Waals surface area contributed by atoms with Gasteiger partial charge in [0.15, 0.2) is 0 Å². The minimum atomic E-state index is 0.145. The van der Waals surface area contributed by atoms with Gasteiger partial charge in [-0.3, -0.25) is 4.79 Å². The number of amides is 1. The van der Waals surface area contributed by atoms with Crippen molar-refractivity contribution in [1.29, 1.82) is 0 Å². The number of nitrogens with zero attached hydrogens (tertiary/aromatic N) is 2. The lowest BCUT2D eigenvalue weighted by atomic mass is 10.2. The van der Waals surface area contributed by atoms with Gasteiger partial charge < -0.3 is 10.2 Å². The van der Waals surface area contributed by atoms with Crippen molar-refractivity contribution < 1.29 is 4.79 Å². The van der Waals surface area contributed by atoms with Gasteiger partial charge in [0.25, 0.3) is 5.91 Å². The molecule has 0 atom stereocenters. The number of aromatic nitrogens is 1. The Morgan fingerprint density at radius 1 is 1.42 bits per heavy atom. The van der Waals surface area contributed by atoms with E-state index in [1.54, 1.807) is 6.20 Å². The third-order valence-corrected chi connectivity index (χ3v) is 3.28. The molecule has 104 valence electrons. The molecule has 1 aliphatic rings. The maximum absolute atomic E-state index is 12.5. The first-order valence-electron chi connectivity index (χ1n) is 7.27. The molecule has 1 N–H and O–H groups in total. The number of carbonyl (C=O) groups is 1. The van der Waals surface area contributed by atoms with Gasteiger partial charge in [-0.05, 0) is 37.8 Å². The molecule has 4 nitrogen and oxygen atoms in total. The fraction of sp³-hybridized carbons (Fsp3) is 0.600. The van der Waals surface area contributed by atoms with Crippen LogP contribution in [0.5, 0.6) is 0 Å². The van der Waals surface area contributed by atoms with E-state index in [-0.39, 0.29) is 5.91 Å². The molecule has 4 heteroatoms. The Hall–Kier alpha value is -1.58. The van der Waals surface area contributed by atoms with Gasteiger partial charge in [0, 0.05) is 30.9 Å². The summed E-state index contributed by atoms with van der Waals surface area (Å²) < 4.78 is 0. The van der Waals surface area contributed by atoms with E-state index in [4.69, 9.17) is 0 Å². The minimum Gasteiger partial charge on any atom is -0.370 e. The largest absolute Gasteiger partial charge is 0.370 e. The standard InChI is InChI=1S/C15H23N3O/c1-3-8-16-14-11-12(7-9-17-14)15(19)18(10-4-2)13-5-6-13/h7,9,11,13H,3-6,8,10H2,1-2H3,(H,16,17). The molecule has 1 fully saturated rings. The molecule has 0 bridgehead atoms. The number of nitrogens with one attached hydrogen (secondary N) is 1. The van der Waals surface area contributed by atoms with Gasteiger partial charge in [-0.25, -0.2) is 4.98 Å². The van der Waals surface area contributed by atoms with E-state index in [2.05, 4.69) is 24.1 Å². The molecular formula is C15H23N3O. The van der Waals surface area contributed by atoms with Gasteiger partial charge in [-0.15, -0.1) is 0 Å². The highest BCUT2D eigenvalue weighted by Crippen LogP contribution is 2.28. The highest BCUT2D eigenvalue weighted by Gasteiger charge is 2.32. The summed E-state index contributed by atoms with van der Waals surface area (Å²) in [6.07, 6.45) is 6.07. The van der Waals surface area contributed by atoms with Crippen LogP contribution in [0.2, 0.25) is 0 Å². The van der Waals surface area contributed by atoms with Crippen molar-refractivity contribution in [1.82, 2.24) is 9.88 Å². The average Bonchev–Trinajstić information content (AvgIpc) is 3.26. The fourth-order valence-electron chi connectivity index (χ4n) is 2.16. The van der Waals surface area contributed by atoms with Gasteiger partial charge in [-0.1, -0.05) is 13.8 Å². The molecule has 1 aromatic heterocycles. The summed E-state index contributed by atoms with van der Waals surface area (Å²) in [6.45, 7) is 5.96. The zero-order valence-electron chi connectivity index (χ0n) is 11.9. The summed E-state index contributed by atoms with van der Waals surface area (Å²) >= 11 is 0. The number of carbonyl (C=O) groups excluding carboxylic acids is 1. The third kappa shape index (κ3) is 3.69. The number of hydrogen-bond donors (Lipinski definition) is 1. The van der Waals surface area contributed by atoms with Crippen molar-refractivity contribution in [3.05, 3.63) is 23.9 Å². The molecule has 1 aromatic rings. The first-order valence-corrected chi connectivity index (χ1v) is 7.27. The summed E-state index contributed by atoms with van der Waals surface area (Å²) in [5, 5.41) is 3.22. The molecule has 0 radical (unpaired) electrons. The molecule has 1 saturated carbocycles. The fourth-order valence-corrected chi connectivity index (χ4v) is 2.16. The Morgan fingerprint density at radius 3 is 2.84 bits per heavy atom. The smallest absolute Gasteiger partial charge is 0.254 e. The van der Waals surface area contributed by atoms with Gasteiger partial charge in [0.2, 0.25) is 0 Å². The zero-order chi connectivity index (χ0) is 13.7. The molecule has 0 aromatic carbocycles. The van der Waals surface area contributed by atoms with Crippen LogP contribution in [-0.2, 0) is 0 Å². The van der Waals surface area contributed by atoms with Crippen molar-refractivity contribution in [2.75, 3.05) is 18.4 Å². The number of anilines is 1. The van der Waals surface area contributed by atoms with Crippen LogP contribution in [0.4, 0.5) is 5.82 Å². The second kappa shape index (κ2) is 6.55. The Bertz CT molecular complexity index is 429. The molecular weight excluding hydrogens is 238 g/mol. The topological polar surface area (TPSA) is 45.2 Å². The van der Waals surface area contributed by atoms with Crippen molar-refractivity contribution in [3.63, 3.8) is 0 Å². The van der Waals surface area contributed by atoms with Gasteiger partial charge in [0.05, 0.1) is 0 Å². The van der Waals surface area contributed by atoms with Crippen LogP contribution in [0.3, 0.4) is 0 Å². The van der Waals surface area contributed by atoms with E-state index in [1.165, 1.54) is 0 Å². The zero-order valence-corrected chi connectivity index (χ0v) is 11.9.